The summed E-state index contributed by atoms with van der Waals surface area (Å²) in [4.78, 5) is 2.24. The lowest BCUT2D eigenvalue weighted by Gasteiger charge is -2.32. The first-order valence-electron chi connectivity index (χ1n) is 9.34. The number of alkyl halides is 3. The SMILES string of the molecule is CCOc1ccccc1C(c1cccc(C(F)(F)F)c1)N1CCCNCC1. The summed E-state index contributed by atoms with van der Waals surface area (Å²) in [6.45, 7) is 5.72. The van der Waals surface area contributed by atoms with Crippen molar-refractivity contribution in [2.45, 2.75) is 25.6 Å². The van der Waals surface area contributed by atoms with Crippen molar-refractivity contribution in [1.82, 2.24) is 10.2 Å². The third-order valence-electron chi connectivity index (χ3n) is 4.78. The third-order valence-corrected chi connectivity index (χ3v) is 4.78. The number of ether oxygens (including phenoxy) is 1. The molecule has 6 heteroatoms. The fourth-order valence-corrected chi connectivity index (χ4v) is 3.59. The van der Waals surface area contributed by atoms with E-state index in [1.165, 1.54) is 12.1 Å². The molecule has 1 aliphatic heterocycles. The van der Waals surface area contributed by atoms with Crippen LogP contribution in [0.2, 0.25) is 0 Å². The Balaban J connectivity index is 2.08. The molecule has 1 atom stereocenters. The molecule has 0 amide bonds. The predicted molar refractivity (Wildman–Crippen MR) is 100.0 cm³/mol. The Labute approximate surface area is 158 Å². The molecule has 2 aromatic carbocycles. The fraction of sp³-hybridized carbons (Fsp3) is 0.429. The smallest absolute Gasteiger partial charge is 0.416 e. The monoisotopic (exact) mass is 378 g/mol. The lowest BCUT2D eigenvalue weighted by atomic mass is 9.94. The largest absolute Gasteiger partial charge is 0.494 e. The number of para-hydroxylation sites is 1. The standard InChI is InChI=1S/C21H25F3N2O/c1-2-27-19-10-4-3-9-18(19)20(26-13-6-11-25-12-14-26)16-7-5-8-17(15-16)21(22,23)24/h3-5,7-10,15,20,25H,2,6,11-14H2,1H3. The second kappa shape index (κ2) is 8.76. The van der Waals surface area contributed by atoms with Gasteiger partial charge in [-0.25, -0.2) is 0 Å². The molecule has 2 aromatic rings. The molecule has 1 N–H and O–H groups in total. The molecule has 0 bridgehead atoms. The van der Waals surface area contributed by atoms with E-state index in [2.05, 4.69) is 10.2 Å². The molecular formula is C21H25F3N2O. The molecule has 0 spiro atoms. The van der Waals surface area contributed by atoms with Crippen LogP contribution in [0.25, 0.3) is 0 Å². The van der Waals surface area contributed by atoms with Crippen molar-refractivity contribution >= 4 is 0 Å². The number of nitrogens with zero attached hydrogens (tertiary/aromatic N) is 1. The van der Waals surface area contributed by atoms with Crippen LogP contribution in [0.5, 0.6) is 5.75 Å². The summed E-state index contributed by atoms with van der Waals surface area (Å²) in [7, 11) is 0. The van der Waals surface area contributed by atoms with E-state index in [4.69, 9.17) is 4.74 Å². The van der Waals surface area contributed by atoms with Gasteiger partial charge in [-0.1, -0.05) is 30.3 Å². The average Bonchev–Trinajstić information content (AvgIpc) is 2.93. The van der Waals surface area contributed by atoms with E-state index in [0.29, 0.717) is 12.2 Å². The normalized spacial score (nSPS) is 17.3. The molecule has 146 valence electrons. The van der Waals surface area contributed by atoms with Crippen molar-refractivity contribution in [3.8, 4) is 5.75 Å². The average molecular weight is 378 g/mol. The zero-order chi connectivity index (χ0) is 19.3. The Morgan fingerprint density at radius 3 is 2.67 bits per heavy atom. The molecule has 1 fully saturated rings. The van der Waals surface area contributed by atoms with Gasteiger partial charge in [0.1, 0.15) is 5.75 Å². The van der Waals surface area contributed by atoms with Crippen molar-refractivity contribution in [3.05, 3.63) is 65.2 Å². The van der Waals surface area contributed by atoms with Crippen molar-refractivity contribution in [1.29, 1.82) is 0 Å². The molecule has 1 saturated heterocycles. The van der Waals surface area contributed by atoms with E-state index in [1.807, 2.05) is 31.2 Å². The van der Waals surface area contributed by atoms with Crippen LogP contribution in [0.3, 0.4) is 0 Å². The maximum atomic E-state index is 13.3. The van der Waals surface area contributed by atoms with Gasteiger partial charge >= 0.3 is 6.18 Å². The Bertz CT molecular complexity index is 740. The number of halogens is 3. The van der Waals surface area contributed by atoms with Crippen molar-refractivity contribution in [3.63, 3.8) is 0 Å². The Hall–Kier alpha value is -2.05. The summed E-state index contributed by atoms with van der Waals surface area (Å²) in [5.74, 6) is 0.722. The third kappa shape index (κ3) is 4.82. The topological polar surface area (TPSA) is 24.5 Å². The number of hydrogen-bond donors (Lipinski definition) is 1. The van der Waals surface area contributed by atoms with Crippen LogP contribution >= 0.6 is 0 Å². The highest BCUT2D eigenvalue weighted by Gasteiger charge is 2.32. The maximum absolute atomic E-state index is 13.3. The van der Waals surface area contributed by atoms with Crippen LogP contribution in [0.4, 0.5) is 13.2 Å². The summed E-state index contributed by atoms with van der Waals surface area (Å²) in [5, 5.41) is 3.36. The Kier molecular flexibility index (Phi) is 6.39. The number of rotatable bonds is 5. The fourth-order valence-electron chi connectivity index (χ4n) is 3.59. The highest BCUT2D eigenvalue weighted by Crippen LogP contribution is 2.37. The van der Waals surface area contributed by atoms with Crippen molar-refractivity contribution in [2.75, 3.05) is 32.8 Å². The minimum Gasteiger partial charge on any atom is -0.494 e. The van der Waals surface area contributed by atoms with Crippen LogP contribution in [0.15, 0.2) is 48.5 Å². The van der Waals surface area contributed by atoms with Gasteiger partial charge in [0, 0.05) is 25.2 Å². The number of nitrogens with one attached hydrogen (secondary N) is 1. The van der Waals surface area contributed by atoms with Crippen LogP contribution in [0.1, 0.15) is 36.1 Å². The first kappa shape index (κ1) is 19.7. The zero-order valence-electron chi connectivity index (χ0n) is 15.4. The first-order chi connectivity index (χ1) is 13.0. The van der Waals surface area contributed by atoms with E-state index in [0.717, 1.165) is 50.0 Å². The second-order valence-electron chi connectivity index (χ2n) is 6.64. The lowest BCUT2D eigenvalue weighted by molar-refractivity contribution is -0.137. The summed E-state index contributed by atoms with van der Waals surface area (Å²) >= 11 is 0. The van der Waals surface area contributed by atoms with Gasteiger partial charge < -0.3 is 10.1 Å². The van der Waals surface area contributed by atoms with Gasteiger partial charge in [0.2, 0.25) is 0 Å². The van der Waals surface area contributed by atoms with Gasteiger partial charge in [0.05, 0.1) is 18.2 Å². The summed E-state index contributed by atoms with van der Waals surface area (Å²) in [6.07, 6.45) is -3.41. The van der Waals surface area contributed by atoms with Gasteiger partial charge in [-0.05, 0) is 43.7 Å². The molecule has 1 heterocycles. The molecule has 3 nitrogen and oxygen atoms in total. The molecule has 0 aromatic heterocycles. The summed E-state index contributed by atoms with van der Waals surface area (Å²) < 4.78 is 45.7. The second-order valence-corrected chi connectivity index (χ2v) is 6.64. The van der Waals surface area contributed by atoms with Crippen LogP contribution in [0, 0.1) is 0 Å². The maximum Gasteiger partial charge on any atom is 0.416 e. The highest BCUT2D eigenvalue weighted by atomic mass is 19.4. The minimum absolute atomic E-state index is 0.282. The van der Waals surface area contributed by atoms with Gasteiger partial charge in [-0.15, -0.1) is 0 Å². The Morgan fingerprint density at radius 1 is 1.07 bits per heavy atom. The molecule has 3 rings (SSSR count). The molecule has 1 aliphatic rings. The van der Waals surface area contributed by atoms with Crippen LogP contribution < -0.4 is 10.1 Å². The first-order valence-corrected chi connectivity index (χ1v) is 9.34. The van der Waals surface area contributed by atoms with E-state index in [1.54, 1.807) is 6.07 Å². The van der Waals surface area contributed by atoms with Gasteiger partial charge in [0.25, 0.3) is 0 Å². The summed E-state index contributed by atoms with van der Waals surface area (Å²) in [6, 6.07) is 13.0. The molecular weight excluding hydrogens is 353 g/mol. The van der Waals surface area contributed by atoms with E-state index in [-0.39, 0.29) is 6.04 Å². The quantitative estimate of drug-likeness (QED) is 0.830. The minimum atomic E-state index is -4.36. The molecule has 0 radical (unpaired) electrons. The predicted octanol–water partition coefficient (Wildman–Crippen LogP) is 4.49. The Morgan fingerprint density at radius 2 is 1.89 bits per heavy atom. The van der Waals surface area contributed by atoms with Gasteiger partial charge in [0.15, 0.2) is 0 Å². The van der Waals surface area contributed by atoms with Crippen molar-refractivity contribution < 1.29 is 17.9 Å². The molecule has 0 aliphatic carbocycles. The van der Waals surface area contributed by atoms with Crippen LogP contribution in [-0.2, 0) is 6.18 Å². The van der Waals surface area contributed by atoms with Gasteiger partial charge in [-0.2, -0.15) is 13.2 Å². The van der Waals surface area contributed by atoms with E-state index >= 15 is 0 Å². The molecule has 27 heavy (non-hydrogen) atoms. The van der Waals surface area contributed by atoms with Gasteiger partial charge in [-0.3, -0.25) is 4.90 Å². The van der Waals surface area contributed by atoms with E-state index < -0.39 is 11.7 Å². The van der Waals surface area contributed by atoms with Crippen LogP contribution in [-0.4, -0.2) is 37.7 Å². The molecule has 0 saturated carbocycles. The number of hydrogen-bond acceptors (Lipinski definition) is 3. The molecule has 1 unspecified atom stereocenters. The lowest BCUT2D eigenvalue weighted by Crippen LogP contribution is -2.33. The zero-order valence-corrected chi connectivity index (χ0v) is 15.4. The highest BCUT2D eigenvalue weighted by molar-refractivity contribution is 5.43. The van der Waals surface area contributed by atoms with E-state index in [9.17, 15) is 13.2 Å². The summed E-state index contributed by atoms with van der Waals surface area (Å²) in [5.41, 5.74) is 0.922. The van der Waals surface area contributed by atoms with Crippen molar-refractivity contribution in [2.24, 2.45) is 0 Å². The number of benzene rings is 2.